The SMILES string of the molecule is CC.CC1(O)CCN(c2ccn(-c3cc(-c4c(F)cccc4C#N)nc4c3C(=O)NC4)n2)C1. The van der Waals surface area contributed by atoms with Gasteiger partial charge in [-0.05, 0) is 31.5 Å². The van der Waals surface area contributed by atoms with Gasteiger partial charge >= 0.3 is 0 Å². The van der Waals surface area contributed by atoms with E-state index >= 15 is 0 Å². The Hall–Kier alpha value is -3.77. The van der Waals surface area contributed by atoms with Gasteiger partial charge in [-0.15, -0.1) is 0 Å². The number of amides is 1. The summed E-state index contributed by atoms with van der Waals surface area (Å²) in [7, 11) is 0. The van der Waals surface area contributed by atoms with E-state index in [2.05, 4.69) is 15.4 Å². The molecule has 1 unspecified atom stereocenters. The second-order valence-corrected chi connectivity index (χ2v) is 8.09. The number of hydrogen-bond acceptors (Lipinski definition) is 6. The minimum absolute atomic E-state index is 0.0939. The van der Waals surface area contributed by atoms with Gasteiger partial charge < -0.3 is 15.3 Å². The predicted molar refractivity (Wildman–Crippen MR) is 121 cm³/mol. The first-order chi connectivity index (χ1) is 15.9. The van der Waals surface area contributed by atoms with Crippen LogP contribution in [-0.2, 0) is 6.54 Å². The Balaban J connectivity index is 0.00000126. The van der Waals surface area contributed by atoms with Crippen LogP contribution in [0, 0.1) is 17.1 Å². The number of pyridine rings is 1. The molecule has 0 radical (unpaired) electrons. The first-order valence-electron chi connectivity index (χ1n) is 10.9. The molecule has 33 heavy (non-hydrogen) atoms. The van der Waals surface area contributed by atoms with Gasteiger partial charge in [0.05, 0.1) is 52.0 Å². The minimum atomic E-state index is -0.771. The number of anilines is 1. The topological polar surface area (TPSA) is 107 Å². The van der Waals surface area contributed by atoms with Gasteiger partial charge in [0.2, 0.25) is 0 Å². The largest absolute Gasteiger partial charge is 0.388 e. The third kappa shape index (κ3) is 4.05. The van der Waals surface area contributed by atoms with Gasteiger partial charge in [0, 0.05) is 25.4 Å². The highest BCUT2D eigenvalue weighted by Crippen LogP contribution is 2.32. The van der Waals surface area contributed by atoms with Crippen LogP contribution in [0.3, 0.4) is 0 Å². The Bertz CT molecular complexity index is 1260. The molecule has 1 atom stereocenters. The number of halogens is 1. The molecule has 2 aliphatic rings. The van der Waals surface area contributed by atoms with Gasteiger partial charge in [-0.2, -0.15) is 10.4 Å². The van der Waals surface area contributed by atoms with Gasteiger partial charge in [-0.1, -0.05) is 19.9 Å². The molecule has 1 saturated heterocycles. The van der Waals surface area contributed by atoms with Crippen molar-refractivity contribution in [2.45, 2.75) is 39.3 Å². The lowest BCUT2D eigenvalue weighted by Crippen LogP contribution is -2.29. The Kier molecular flexibility index (Phi) is 5.87. The van der Waals surface area contributed by atoms with Crippen molar-refractivity contribution in [2.24, 2.45) is 0 Å². The lowest BCUT2D eigenvalue weighted by Gasteiger charge is -2.18. The monoisotopic (exact) mass is 448 g/mol. The average Bonchev–Trinajstić information content (AvgIpc) is 3.53. The molecule has 2 aromatic heterocycles. The smallest absolute Gasteiger partial charge is 0.255 e. The summed E-state index contributed by atoms with van der Waals surface area (Å²) in [6.45, 7) is 7.14. The quantitative estimate of drug-likeness (QED) is 0.637. The maximum Gasteiger partial charge on any atom is 0.255 e. The molecule has 170 valence electrons. The van der Waals surface area contributed by atoms with Crippen LogP contribution in [0.15, 0.2) is 36.5 Å². The van der Waals surface area contributed by atoms with Crippen LogP contribution in [-0.4, -0.2) is 44.5 Å². The third-order valence-corrected chi connectivity index (χ3v) is 5.70. The molecule has 0 aliphatic carbocycles. The second-order valence-electron chi connectivity index (χ2n) is 8.09. The Morgan fingerprint density at radius 3 is 2.76 bits per heavy atom. The maximum absolute atomic E-state index is 14.6. The number of rotatable bonds is 3. The normalized spacial score (nSPS) is 18.9. The van der Waals surface area contributed by atoms with Gasteiger partial charge in [0.25, 0.3) is 5.91 Å². The Morgan fingerprint density at radius 2 is 2.06 bits per heavy atom. The molecule has 0 saturated carbocycles. The highest BCUT2D eigenvalue weighted by Gasteiger charge is 2.33. The number of aliphatic hydroxyl groups is 1. The van der Waals surface area contributed by atoms with E-state index in [1.807, 2.05) is 30.9 Å². The molecule has 4 heterocycles. The van der Waals surface area contributed by atoms with Gasteiger partial charge in [-0.3, -0.25) is 4.79 Å². The van der Waals surface area contributed by atoms with Crippen molar-refractivity contribution in [3.8, 4) is 23.0 Å². The summed E-state index contributed by atoms with van der Waals surface area (Å²) >= 11 is 0. The third-order valence-electron chi connectivity index (χ3n) is 5.70. The zero-order valence-electron chi connectivity index (χ0n) is 18.8. The van der Waals surface area contributed by atoms with Crippen molar-refractivity contribution in [1.29, 1.82) is 5.26 Å². The molecule has 1 aromatic carbocycles. The maximum atomic E-state index is 14.6. The van der Waals surface area contributed by atoms with Crippen LogP contribution in [0.5, 0.6) is 0 Å². The highest BCUT2D eigenvalue weighted by molar-refractivity contribution is 6.01. The van der Waals surface area contributed by atoms with E-state index < -0.39 is 11.4 Å². The number of aromatic nitrogens is 3. The highest BCUT2D eigenvalue weighted by atomic mass is 19.1. The number of nitriles is 1. The zero-order chi connectivity index (χ0) is 23.8. The fraction of sp³-hybridized carbons (Fsp3) is 0.333. The summed E-state index contributed by atoms with van der Waals surface area (Å²) in [6.07, 6.45) is 2.36. The van der Waals surface area contributed by atoms with Crippen LogP contribution in [0.4, 0.5) is 10.2 Å². The summed E-state index contributed by atoms with van der Waals surface area (Å²) in [5.74, 6) is -0.165. The van der Waals surface area contributed by atoms with E-state index in [0.29, 0.717) is 42.3 Å². The lowest BCUT2D eigenvalue weighted by molar-refractivity contribution is 0.0838. The van der Waals surface area contributed by atoms with Gasteiger partial charge in [0.15, 0.2) is 5.82 Å². The summed E-state index contributed by atoms with van der Waals surface area (Å²) in [6, 6.07) is 9.68. The molecule has 0 bridgehead atoms. The van der Waals surface area contributed by atoms with Crippen LogP contribution in [0.25, 0.3) is 16.9 Å². The van der Waals surface area contributed by atoms with Crippen molar-refractivity contribution < 1.29 is 14.3 Å². The van der Waals surface area contributed by atoms with E-state index in [4.69, 9.17) is 0 Å². The van der Waals surface area contributed by atoms with Crippen molar-refractivity contribution in [3.05, 3.63) is 59.2 Å². The first kappa shape index (κ1) is 22.4. The number of benzene rings is 1. The molecule has 3 aromatic rings. The summed E-state index contributed by atoms with van der Waals surface area (Å²) in [5, 5.41) is 27.0. The number of carbonyl (C=O) groups is 1. The molecule has 5 rings (SSSR count). The number of fused-ring (bicyclic) bond motifs is 1. The predicted octanol–water partition coefficient (Wildman–Crippen LogP) is 3.18. The summed E-state index contributed by atoms with van der Waals surface area (Å²) < 4.78 is 16.2. The van der Waals surface area contributed by atoms with E-state index in [0.717, 1.165) is 0 Å². The van der Waals surface area contributed by atoms with Gasteiger partial charge in [-0.25, -0.2) is 14.1 Å². The van der Waals surface area contributed by atoms with Crippen molar-refractivity contribution in [1.82, 2.24) is 20.1 Å². The molecular weight excluding hydrogens is 423 g/mol. The number of hydrogen-bond donors (Lipinski definition) is 2. The molecular formula is C24H25FN6O2. The van der Waals surface area contributed by atoms with E-state index in [-0.39, 0.29) is 29.3 Å². The summed E-state index contributed by atoms with van der Waals surface area (Å²) in [4.78, 5) is 18.9. The Morgan fingerprint density at radius 1 is 1.27 bits per heavy atom. The van der Waals surface area contributed by atoms with Crippen LogP contribution in [0.1, 0.15) is 48.8 Å². The fourth-order valence-electron chi connectivity index (χ4n) is 4.15. The van der Waals surface area contributed by atoms with Crippen LogP contribution < -0.4 is 10.2 Å². The van der Waals surface area contributed by atoms with Crippen LogP contribution >= 0.6 is 0 Å². The fourth-order valence-corrected chi connectivity index (χ4v) is 4.15. The number of nitrogens with zero attached hydrogens (tertiary/aromatic N) is 5. The molecule has 1 amide bonds. The number of β-amino-alcohol motifs (C(OH)–C–C–N with tert-alkyl or cyclic N) is 1. The zero-order valence-corrected chi connectivity index (χ0v) is 18.8. The van der Waals surface area contributed by atoms with Crippen LogP contribution in [0.2, 0.25) is 0 Å². The molecule has 2 N–H and O–H groups in total. The molecule has 8 nitrogen and oxygen atoms in total. The van der Waals surface area contributed by atoms with E-state index in [9.17, 15) is 19.6 Å². The molecule has 2 aliphatic heterocycles. The molecule has 1 fully saturated rings. The lowest BCUT2D eigenvalue weighted by atomic mass is 10.0. The van der Waals surface area contributed by atoms with E-state index in [1.54, 1.807) is 23.9 Å². The van der Waals surface area contributed by atoms with E-state index in [1.165, 1.54) is 18.2 Å². The minimum Gasteiger partial charge on any atom is -0.388 e. The first-order valence-corrected chi connectivity index (χ1v) is 10.9. The number of nitrogens with one attached hydrogen (secondary N) is 1. The summed E-state index contributed by atoms with van der Waals surface area (Å²) in [5.41, 5.74) is 1.06. The average molecular weight is 449 g/mol. The standard InChI is InChI=1S/C22H19FN6O2.C2H6/c1-22(31)6-8-28(12-22)18-5-7-29(27-18)17-9-15(26-16-11-25-21(30)20(16)17)19-13(10-24)3-2-4-14(19)23;1-2/h2-5,7,9,31H,6,8,11-12H2,1H3,(H,25,30);1-2H3. The van der Waals surface area contributed by atoms with Crippen molar-refractivity contribution in [2.75, 3.05) is 18.0 Å². The van der Waals surface area contributed by atoms with Crippen molar-refractivity contribution in [3.63, 3.8) is 0 Å². The molecule has 9 heteroatoms. The van der Waals surface area contributed by atoms with Crippen molar-refractivity contribution >= 4 is 11.7 Å². The number of carbonyl (C=O) groups excluding carboxylic acids is 1. The molecule has 0 spiro atoms. The Labute approximate surface area is 191 Å². The second kappa shape index (κ2) is 8.64. The van der Waals surface area contributed by atoms with Gasteiger partial charge in [0.1, 0.15) is 5.82 Å².